The molecule has 1 heterocycles. The van der Waals surface area contributed by atoms with Crippen molar-refractivity contribution in [3.63, 3.8) is 0 Å². The second-order valence-electron chi connectivity index (χ2n) is 7.10. The monoisotopic (exact) mass is 415 g/mol. The summed E-state index contributed by atoms with van der Waals surface area (Å²) in [7, 11) is 1.56. The van der Waals surface area contributed by atoms with E-state index in [0.717, 1.165) is 25.7 Å². The van der Waals surface area contributed by atoms with Crippen LogP contribution in [0, 0.1) is 5.82 Å². The van der Waals surface area contributed by atoms with Crippen molar-refractivity contribution in [2.45, 2.75) is 13.5 Å². The Balaban J connectivity index is 1.87. The van der Waals surface area contributed by atoms with Crippen molar-refractivity contribution in [2.75, 3.05) is 44.7 Å². The molecular formula is C22H26FN3O4. The number of methoxy groups -OCH3 is 1. The number of carbonyl (C=O) groups is 2. The molecule has 1 fully saturated rings. The van der Waals surface area contributed by atoms with Crippen molar-refractivity contribution in [1.29, 1.82) is 0 Å². The van der Waals surface area contributed by atoms with E-state index in [1.807, 2.05) is 0 Å². The molecule has 0 aliphatic carbocycles. The lowest BCUT2D eigenvalue weighted by molar-refractivity contribution is 0.0696. The van der Waals surface area contributed by atoms with E-state index in [2.05, 4.69) is 11.8 Å². The highest BCUT2D eigenvalue weighted by atomic mass is 19.1. The highest BCUT2D eigenvalue weighted by Crippen LogP contribution is 2.24. The largest absolute Gasteiger partial charge is 0.497 e. The number of likely N-dealkylation sites (N-methyl/N-ethyl adjacent to an activating group) is 1. The molecule has 3 rings (SSSR count). The molecule has 2 aromatic carbocycles. The quantitative estimate of drug-likeness (QED) is 0.784. The number of hydrogen-bond donors (Lipinski definition) is 1. The zero-order chi connectivity index (χ0) is 21.7. The minimum absolute atomic E-state index is 0.00904. The van der Waals surface area contributed by atoms with Crippen LogP contribution in [0.3, 0.4) is 0 Å². The van der Waals surface area contributed by atoms with Crippen LogP contribution in [-0.4, -0.2) is 66.7 Å². The van der Waals surface area contributed by atoms with Crippen LogP contribution in [0.15, 0.2) is 42.5 Å². The van der Waals surface area contributed by atoms with Gasteiger partial charge in [0.25, 0.3) is 0 Å². The van der Waals surface area contributed by atoms with Gasteiger partial charge in [0, 0.05) is 37.4 Å². The van der Waals surface area contributed by atoms with Gasteiger partial charge in [-0.05, 0) is 42.9 Å². The zero-order valence-corrected chi connectivity index (χ0v) is 17.2. The molecule has 2 amide bonds. The van der Waals surface area contributed by atoms with Crippen molar-refractivity contribution in [2.24, 2.45) is 0 Å². The fourth-order valence-corrected chi connectivity index (χ4v) is 3.44. The van der Waals surface area contributed by atoms with E-state index in [1.54, 1.807) is 36.3 Å². The van der Waals surface area contributed by atoms with E-state index >= 15 is 0 Å². The highest BCUT2D eigenvalue weighted by Gasteiger charge is 2.27. The van der Waals surface area contributed by atoms with Crippen LogP contribution in [-0.2, 0) is 6.54 Å². The van der Waals surface area contributed by atoms with Crippen LogP contribution < -0.4 is 9.64 Å². The summed E-state index contributed by atoms with van der Waals surface area (Å²) >= 11 is 0. The average Bonchev–Trinajstić information content (AvgIpc) is 2.78. The maximum atomic E-state index is 14.6. The summed E-state index contributed by atoms with van der Waals surface area (Å²) in [5.41, 5.74) is 0.728. The van der Waals surface area contributed by atoms with Gasteiger partial charge in [0.2, 0.25) is 0 Å². The van der Waals surface area contributed by atoms with Gasteiger partial charge in [-0.3, -0.25) is 4.90 Å². The smallest absolute Gasteiger partial charge is 0.335 e. The van der Waals surface area contributed by atoms with Gasteiger partial charge in [-0.1, -0.05) is 13.0 Å². The molecule has 0 aromatic heterocycles. The van der Waals surface area contributed by atoms with Crippen LogP contribution >= 0.6 is 0 Å². The molecule has 30 heavy (non-hydrogen) atoms. The molecule has 0 bridgehead atoms. The fourth-order valence-electron chi connectivity index (χ4n) is 3.44. The molecule has 8 heteroatoms. The van der Waals surface area contributed by atoms with Gasteiger partial charge in [0.15, 0.2) is 0 Å². The Hall–Kier alpha value is -3.13. The van der Waals surface area contributed by atoms with E-state index in [0.29, 0.717) is 24.5 Å². The van der Waals surface area contributed by atoms with Gasteiger partial charge in [-0.15, -0.1) is 0 Å². The Morgan fingerprint density at radius 3 is 2.30 bits per heavy atom. The molecule has 160 valence electrons. The van der Waals surface area contributed by atoms with Gasteiger partial charge in [-0.2, -0.15) is 0 Å². The summed E-state index contributed by atoms with van der Waals surface area (Å²) in [5.74, 6) is -1.20. The van der Waals surface area contributed by atoms with E-state index in [1.165, 1.54) is 17.0 Å². The number of urea groups is 1. The maximum absolute atomic E-state index is 14.6. The van der Waals surface area contributed by atoms with Crippen molar-refractivity contribution >= 4 is 17.7 Å². The highest BCUT2D eigenvalue weighted by molar-refractivity contribution is 5.92. The van der Waals surface area contributed by atoms with Gasteiger partial charge in [0.05, 0.1) is 19.2 Å². The molecule has 1 aliphatic rings. The van der Waals surface area contributed by atoms with E-state index in [-0.39, 0.29) is 23.7 Å². The van der Waals surface area contributed by atoms with E-state index in [9.17, 15) is 14.0 Å². The third-order valence-corrected chi connectivity index (χ3v) is 5.33. The SMILES string of the molecule is CCN1CCN(C(=O)N(Cc2ccc(C(=O)O)cc2F)c2ccc(OC)cc2)CC1. The minimum atomic E-state index is -1.20. The first kappa shape index (κ1) is 21.6. The van der Waals surface area contributed by atoms with Crippen molar-refractivity contribution in [3.8, 4) is 5.75 Å². The Morgan fingerprint density at radius 1 is 1.10 bits per heavy atom. The van der Waals surface area contributed by atoms with Gasteiger partial charge in [-0.25, -0.2) is 14.0 Å². The lowest BCUT2D eigenvalue weighted by Crippen LogP contribution is -2.52. The number of aromatic carboxylic acids is 1. The summed E-state index contributed by atoms with van der Waals surface area (Å²) < 4.78 is 19.8. The number of carboxylic acids is 1. The van der Waals surface area contributed by atoms with Gasteiger partial charge in [0.1, 0.15) is 11.6 Å². The first-order valence-corrected chi connectivity index (χ1v) is 9.87. The Labute approximate surface area is 175 Å². The number of ether oxygens (including phenoxy) is 1. The number of piperazine rings is 1. The number of carboxylic acid groups (broad SMARTS) is 1. The molecule has 0 saturated carbocycles. The van der Waals surface area contributed by atoms with Crippen LogP contribution in [0.25, 0.3) is 0 Å². The second-order valence-corrected chi connectivity index (χ2v) is 7.10. The second kappa shape index (κ2) is 9.58. The minimum Gasteiger partial charge on any atom is -0.497 e. The van der Waals surface area contributed by atoms with Crippen molar-refractivity contribution in [3.05, 3.63) is 59.4 Å². The molecule has 1 aliphatic heterocycles. The van der Waals surface area contributed by atoms with E-state index in [4.69, 9.17) is 9.84 Å². The topological polar surface area (TPSA) is 73.3 Å². The Bertz CT molecular complexity index is 896. The molecule has 2 aromatic rings. The standard InChI is InChI=1S/C22H26FN3O4/c1-3-24-10-12-25(13-11-24)22(29)26(18-6-8-19(30-2)9-7-18)15-17-5-4-16(21(27)28)14-20(17)23/h4-9,14H,3,10-13,15H2,1-2H3,(H,27,28). The molecule has 1 saturated heterocycles. The number of halogens is 1. The zero-order valence-electron chi connectivity index (χ0n) is 17.2. The number of anilines is 1. The predicted molar refractivity (Wildman–Crippen MR) is 112 cm³/mol. The molecule has 0 unspecified atom stereocenters. The summed E-state index contributed by atoms with van der Waals surface area (Å²) in [6.45, 7) is 5.79. The fraction of sp³-hybridized carbons (Fsp3) is 0.364. The van der Waals surface area contributed by atoms with Crippen LogP contribution in [0.2, 0.25) is 0 Å². The molecule has 0 atom stereocenters. The average molecular weight is 415 g/mol. The first-order valence-electron chi connectivity index (χ1n) is 9.87. The molecular weight excluding hydrogens is 389 g/mol. The normalized spacial score (nSPS) is 14.4. The number of nitrogens with zero attached hydrogens (tertiary/aromatic N) is 3. The molecule has 0 radical (unpaired) electrons. The Kier molecular flexibility index (Phi) is 6.89. The lowest BCUT2D eigenvalue weighted by Gasteiger charge is -2.37. The van der Waals surface area contributed by atoms with Crippen LogP contribution in [0.4, 0.5) is 14.9 Å². The first-order chi connectivity index (χ1) is 14.4. The Morgan fingerprint density at radius 2 is 1.77 bits per heavy atom. The van der Waals surface area contributed by atoms with Crippen molar-refractivity contribution in [1.82, 2.24) is 9.80 Å². The molecule has 0 spiro atoms. The van der Waals surface area contributed by atoms with Gasteiger partial charge >= 0.3 is 12.0 Å². The lowest BCUT2D eigenvalue weighted by atomic mass is 10.1. The van der Waals surface area contributed by atoms with Crippen LogP contribution in [0.1, 0.15) is 22.8 Å². The number of hydrogen-bond acceptors (Lipinski definition) is 4. The third kappa shape index (κ3) is 4.88. The summed E-state index contributed by atoms with van der Waals surface area (Å²) in [6, 6.07) is 10.5. The number of amides is 2. The molecule has 1 N–H and O–H groups in total. The number of rotatable bonds is 6. The summed E-state index contributed by atoms with van der Waals surface area (Å²) in [5, 5.41) is 9.06. The predicted octanol–water partition coefficient (Wildman–Crippen LogP) is 3.30. The molecule has 7 nitrogen and oxygen atoms in total. The number of carbonyl (C=O) groups excluding carboxylic acids is 1. The van der Waals surface area contributed by atoms with Gasteiger partial charge < -0.3 is 19.6 Å². The third-order valence-electron chi connectivity index (χ3n) is 5.33. The maximum Gasteiger partial charge on any atom is 0.335 e. The summed E-state index contributed by atoms with van der Waals surface area (Å²) in [4.78, 5) is 30.0. The van der Waals surface area contributed by atoms with Crippen LogP contribution in [0.5, 0.6) is 5.75 Å². The number of benzene rings is 2. The summed E-state index contributed by atoms with van der Waals surface area (Å²) in [6.07, 6.45) is 0. The van der Waals surface area contributed by atoms with Crippen molar-refractivity contribution < 1.29 is 23.8 Å². The van der Waals surface area contributed by atoms with E-state index < -0.39 is 11.8 Å².